The molecule has 2 aliphatic rings. The van der Waals surface area contributed by atoms with Gasteiger partial charge in [0, 0.05) is 49.9 Å². The third kappa shape index (κ3) is 4.04. The first-order chi connectivity index (χ1) is 13.2. The molecule has 27 heavy (non-hydrogen) atoms. The molecule has 1 aromatic carbocycles. The van der Waals surface area contributed by atoms with Crippen molar-refractivity contribution in [3.05, 3.63) is 42.2 Å². The maximum Gasteiger partial charge on any atom is 0.229 e. The van der Waals surface area contributed by atoms with Crippen molar-refractivity contribution in [2.75, 3.05) is 41.3 Å². The van der Waals surface area contributed by atoms with Gasteiger partial charge >= 0.3 is 0 Å². The van der Waals surface area contributed by atoms with E-state index >= 15 is 0 Å². The highest BCUT2D eigenvalue weighted by molar-refractivity contribution is 5.93. The van der Waals surface area contributed by atoms with Crippen molar-refractivity contribution in [1.82, 2.24) is 9.97 Å². The zero-order valence-corrected chi connectivity index (χ0v) is 15.9. The van der Waals surface area contributed by atoms with E-state index in [-0.39, 0.29) is 11.8 Å². The Bertz CT molecular complexity index is 788. The van der Waals surface area contributed by atoms with Crippen LogP contribution in [0.15, 0.2) is 36.7 Å². The highest BCUT2D eigenvalue weighted by Crippen LogP contribution is 2.27. The van der Waals surface area contributed by atoms with Gasteiger partial charge in [-0.2, -0.15) is 0 Å². The summed E-state index contributed by atoms with van der Waals surface area (Å²) in [5.74, 6) is 0.755. The summed E-state index contributed by atoms with van der Waals surface area (Å²) in [5.41, 5.74) is 3.39. The predicted octanol–water partition coefficient (Wildman–Crippen LogP) is 3.24. The minimum Gasteiger partial charge on any atom is -0.371 e. The van der Waals surface area contributed by atoms with Gasteiger partial charge in [0.15, 0.2) is 0 Å². The van der Waals surface area contributed by atoms with Gasteiger partial charge in [0.25, 0.3) is 0 Å². The highest BCUT2D eigenvalue weighted by Gasteiger charge is 2.27. The first-order valence-electron chi connectivity index (χ1n) is 9.89. The van der Waals surface area contributed by atoms with Gasteiger partial charge < -0.3 is 15.1 Å². The van der Waals surface area contributed by atoms with Gasteiger partial charge in [0.05, 0.1) is 5.92 Å². The van der Waals surface area contributed by atoms with Crippen molar-refractivity contribution < 1.29 is 4.79 Å². The van der Waals surface area contributed by atoms with Crippen molar-refractivity contribution in [3.8, 4) is 0 Å². The third-order valence-electron chi connectivity index (χ3n) is 5.54. The first-order valence-corrected chi connectivity index (χ1v) is 9.89. The molecule has 0 saturated carbocycles. The van der Waals surface area contributed by atoms with Crippen LogP contribution in [0.2, 0.25) is 0 Å². The molecule has 6 heteroatoms. The van der Waals surface area contributed by atoms with Gasteiger partial charge in [0.1, 0.15) is 0 Å². The van der Waals surface area contributed by atoms with Crippen LogP contribution in [-0.2, 0) is 4.79 Å². The topological polar surface area (TPSA) is 61.4 Å². The monoisotopic (exact) mass is 365 g/mol. The van der Waals surface area contributed by atoms with E-state index in [0.717, 1.165) is 38.2 Å². The van der Waals surface area contributed by atoms with Crippen LogP contribution < -0.4 is 15.1 Å². The molecular weight excluding hydrogens is 338 g/mol. The largest absolute Gasteiger partial charge is 0.371 e. The van der Waals surface area contributed by atoms with Crippen LogP contribution in [-0.4, -0.2) is 42.1 Å². The molecular formula is C21H27N5O. The summed E-state index contributed by atoms with van der Waals surface area (Å²) in [4.78, 5) is 26.0. The molecule has 2 aliphatic heterocycles. The number of anilines is 3. The molecule has 1 amide bonds. The van der Waals surface area contributed by atoms with E-state index in [0.29, 0.717) is 12.5 Å². The summed E-state index contributed by atoms with van der Waals surface area (Å²) in [6.07, 6.45) is 7.90. The van der Waals surface area contributed by atoms with E-state index in [2.05, 4.69) is 44.1 Å². The summed E-state index contributed by atoms with van der Waals surface area (Å²) < 4.78 is 0. The molecule has 1 aromatic heterocycles. The van der Waals surface area contributed by atoms with Crippen molar-refractivity contribution >= 4 is 23.2 Å². The summed E-state index contributed by atoms with van der Waals surface area (Å²) in [6.45, 7) is 5.95. The number of benzene rings is 1. The van der Waals surface area contributed by atoms with Crippen LogP contribution in [0.5, 0.6) is 0 Å². The van der Waals surface area contributed by atoms with Crippen molar-refractivity contribution in [2.45, 2.75) is 32.6 Å². The quantitative estimate of drug-likeness (QED) is 0.901. The van der Waals surface area contributed by atoms with E-state index in [1.165, 1.54) is 24.1 Å². The van der Waals surface area contributed by atoms with Crippen molar-refractivity contribution in [1.29, 1.82) is 0 Å². The lowest BCUT2D eigenvalue weighted by Gasteiger charge is -2.32. The second kappa shape index (κ2) is 7.94. The van der Waals surface area contributed by atoms with Crippen molar-refractivity contribution in [2.24, 2.45) is 5.92 Å². The van der Waals surface area contributed by atoms with E-state index in [4.69, 9.17) is 0 Å². The normalized spacial score (nSPS) is 20.0. The average molecular weight is 365 g/mol. The highest BCUT2D eigenvalue weighted by atomic mass is 16.1. The Labute approximate surface area is 160 Å². The Kier molecular flexibility index (Phi) is 5.23. The van der Waals surface area contributed by atoms with Crippen LogP contribution in [0, 0.1) is 12.8 Å². The van der Waals surface area contributed by atoms with Gasteiger partial charge in [-0.1, -0.05) is 0 Å². The lowest BCUT2D eigenvalue weighted by Crippen LogP contribution is -2.41. The number of carbonyl (C=O) groups is 1. The number of carbonyl (C=O) groups excluding carboxylic acids is 1. The average Bonchev–Trinajstić information content (AvgIpc) is 3.23. The first kappa shape index (κ1) is 17.8. The molecule has 0 aliphatic carbocycles. The lowest BCUT2D eigenvalue weighted by molar-refractivity contribution is -0.120. The molecule has 0 radical (unpaired) electrons. The minimum atomic E-state index is -0.0406. The molecule has 2 saturated heterocycles. The zero-order valence-electron chi connectivity index (χ0n) is 15.9. The number of amides is 1. The van der Waals surface area contributed by atoms with E-state index in [9.17, 15) is 4.79 Å². The Morgan fingerprint density at radius 3 is 2.56 bits per heavy atom. The number of hydrogen-bond donors (Lipinski definition) is 1. The van der Waals surface area contributed by atoms with Crippen LogP contribution in [0.4, 0.5) is 17.3 Å². The number of nitrogens with zero attached hydrogens (tertiary/aromatic N) is 4. The Morgan fingerprint density at radius 1 is 1.07 bits per heavy atom. The fourth-order valence-corrected chi connectivity index (χ4v) is 4.12. The van der Waals surface area contributed by atoms with Crippen LogP contribution in [0.3, 0.4) is 0 Å². The molecule has 1 atom stereocenters. The van der Waals surface area contributed by atoms with Gasteiger partial charge in [-0.15, -0.1) is 0 Å². The van der Waals surface area contributed by atoms with Crippen LogP contribution in [0.1, 0.15) is 31.2 Å². The molecule has 2 aromatic rings. The van der Waals surface area contributed by atoms with E-state index in [1.54, 1.807) is 12.4 Å². The van der Waals surface area contributed by atoms with E-state index < -0.39 is 0 Å². The molecule has 0 spiro atoms. The Balaban J connectivity index is 1.40. The summed E-state index contributed by atoms with van der Waals surface area (Å²) in [5, 5.41) is 3.12. The molecule has 142 valence electrons. The number of nitrogens with one attached hydrogen (secondary N) is 1. The fraction of sp³-hybridized carbons (Fsp3) is 0.476. The van der Waals surface area contributed by atoms with Gasteiger partial charge in [0.2, 0.25) is 11.9 Å². The lowest BCUT2D eigenvalue weighted by atomic mass is 9.97. The molecule has 4 rings (SSSR count). The smallest absolute Gasteiger partial charge is 0.229 e. The predicted molar refractivity (Wildman–Crippen MR) is 108 cm³/mol. The second-order valence-electron chi connectivity index (χ2n) is 7.52. The number of aryl methyl sites for hydroxylation is 1. The Morgan fingerprint density at radius 2 is 1.81 bits per heavy atom. The number of rotatable bonds is 4. The van der Waals surface area contributed by atoms with E-state index in [1.807, 2.05) is 12.1 Å². The molecule has 1 N–H and O–H groups in total. The molecule has 6 nitrogen and oxygen atoms in total. The van der Waals surface area contributed by atoms with Gasteiger partial charge in [-0.25, -0.2) is 9.97 Å². The SMILES string of the molecule is Cc1cc(NC(=O)C2CCCN(c3ncccn3)C2)ccc1N1CCCC1. The number of hydrogen-bond acceptors (Lipinski definition) is 5. The molecule has 2 fully saturated rings. The number of aromatic nitrogens is 2. The van der Waals surface area contributed by atoms with Gasteiger partial charge in [-0.3, -0.25) is 4.79 Å². The van der Waals surface area contributed by atoms with Gasteiger partial charge in [-0.05, 0) is 62.4 Å². The standard InChI is InChI=1S/C21H27N5O/c1-16-14-18(7-8-19(16)25-11-2-3-12-25)24-20(27)17-6-4-13-26(15-17)21-22-9-5-10-23-21/h5,7-10,14,17H,2-4,6,11-13,15H2,1H3,(H,24,27). The maximum absolute atomic E-state index is 12.8. The second-order valence-corrected chi connectivity index (χ2v) is 7.52. The fourth-order valence-electron chi connectivity index (χ4n) is 4.12. The summed E-state index contributed by atoms with van der Waals surface area (Å²) >= 11 is 0. The molecule has 0 bridgehead atoms. The molecule has 1 unspecified atom stereocenters. The third-order valence-corrected chi connectivity index (χ3v) is 5.54. The number of piperidine rings is 1. The summed E-state index contributed by atoms with van der Waals surface area (Å²) in [6, 6.07) is 8.07. The maximum atomic E-state index is 12.8. The summed E-state index contributed by atoms with van der Waals surface area (Å²) in [7, 11) is 0. The molecule has 3 heterocycles. The Hall–Kier alpha value is -2.63. The zero-order chi connectivity index (χ0) is 18.6. The van der Waals surface area contributed by atoms with Crippen LogP contribution in [0.25, 0.3) is 0 Å². The minimum absolute atomic E-state index is 0.0406. The van der Waals surface area contributed by atoms with Crippen LogP contribution >= 0.6 is 0 Å². The van der Waals surface area contributed by atoms with Crippen molar-refractivity contribution in [3.63, 3.8) is 0 Å².